The zero-order valence-electron chi connectivity index (χ0n) is 13.7. The monoisotopic (exact) mass is 335 g/mol. The van der Waals surface area contributed by atoms with E-state index in [-0.39, 0.29) is 11.7 Å². The normalized spacial score (nSPS) is 15.4. The van der Waals surface area contributed by atoms with Gasteiger partial charge in [-0.15, -0.1) is 0 Å². The highest BCUT2D eigenvalue weighted by Crippen LogP contribution is 2.44. The first-order chi connectivity index (χ1) is 12.2. The van der Waals surface area contributed by atoms with Gasteiger partial charge in [0.05, 0.1) is 11.1 Å². The third-order valence-corrected chi connectivity index (χ3v) is 4.91. The quantitative estimate of drug-likeness (QED) is 0.781. The van der Waals surface area contributed by atoms with Crippen LogP contribution < -0.4 is 5.32 Å². The van der Waals surface area contributed by atoms with E-state index in [1.165, 1.54) is 12.1 Å². The Balaban J connectivity index is 1.54. The maximum Gasteiger partial charge on any atom is 0.235 e. The summed E-state index contributed by atoms with van der Waals surface area (Å²) in [6.07, 6.45) is 6.04. The largest absolute Gasteiger partial charge is 0.325 e. The Labute approximate surface area is 145 Å². The van der Waals surface area contributed by atoms with Crippen molar-refractivity contribution in [2.75, 3.05) is 5.32 Å². The number of halogens is 1. The fourth-order valence-corrected chi connectivity index (χ4v) is 3.33. The predicted molar refractivity (Wildman–Crippen MR) is 94.1 cm³/mol. The van der Waals surface area contributed by atoms with Crippen molar-refractivity contribution < 1.29 is 9.18 Å². The number of aromatic nitrogens is 2. The van der Waals surface area contributed by atoms with Crippen molar-refractivity contribution in [1.82, 2.24) is 9.78 Å². The van der Waals surface area contributed by atoms with E-state index in [1.54, 1.807) is 16.9 Å². The molecule has 4 rings (SSSR count). The number of benzene rings is 2. The minimum atomic E-state index is -0.622. The van der Waals surface area contributed by atoms with Gasteiger partial charge in [-0.3, -0.25) is 4.79 Å². The van der Waals surface area contributed by atoms with Crippen molar-refractivity contribution in [1.29, 1.82) is 0 Å². The molecule has 1 aliphatic rings. The topological polar surface area (TPSA) is 46.9 Å². The number of anilines is 1. The molecule has 0 spiro atoms. The van der Waals surface area contributed by atoms with E-state index in [0.717, 1.165) is 36.2 Å². The summed E-state index contributed by atoms with van der Waals surface area (Å²) in [4.78, 5) is 12.9. The van der Waals surface area contributed by atoms with Gasteiger partial charge in [-0.25, -0.2) is 9.07 Å². The fraction of sp³-hybridized carbons (Fsp3) is 0.200. The van der Waals surface area contributed by atoms with E-state index in [4.69, 9.17) is 0 Å². The first-order valence-corrected chi connectivity index (χ1v) is 8.35. The molecule has 0 unspecified atom stereocenters. The molecule has 0 bridgehead atoms. The Hall–Kier alpha value is -2.95. The third kappa shape index (κ3) is 2.82. The van der Waals surface area contributed by atoms with Gasteiger partial charge in [0.2, 0.25) is 5.91 Å². The molecule has 1 heterocycles. The highest BCUT2D eigenvalue weighted by Gasteiger charge is 2.45. The SMILES string of the molecule is O=C(Nc1ccc(-n2cccn2)cc1)C1(c2cccc(F)c2)CCC1. The van der Waals surface area contributed by atoms with Gasteiger partial charge in [0, 0.05) is 18.1 Å². The molecule has 2 aromatic carbocycles. The molecule has 0 saturated heterocycles. The van der Waals surface area contributed by atoms with Crippen LogP contribution in [0.3, 0.4) is 0 Å². The standard InChI is InChI=1S/C20H18FN3O/c21-16-5-1-4-15(14-16)20(10-2-11-20)19(25)23-17-6-8-18(9-7-17)24-13-3-12-22-24/h1,3-9,12-14H,2,10-11H2,(H,23,25). The highest BCUT2D eigenvalue weighted by molar-refractivity contribution is 6.00. The number of hydrogen-bond acceptors (Lipinski definition) is 2. The van der Waals surface area contributed by atoms with Gasteiger partial charge in [-0.1, -0.05) is 18.6 Å². The first-order valence-electron chi connectivity index (χ1n) is 8.35. The maximum absolute atomic E-state index is 13.6. The first kappa shape index (κ1) is 15.6. The van der Waals surface area contributed by atoms with Gasteiger partial charge in [-0.05, 0) is 60.9 Å². The van der Waals surface area contributed by atoms with E-state index in [0.29, 0.717) is 0 Å². The number of carbonyl (C=O) groups is 1. The van der Waals surface area contributed by atoms with Crippen LogP contribution in [0.4, 0.5) is 10.1 Å². The predicted octanol–water partition coefficient (Wildman–Crippen LogP) is 4.07. The van der Waals surface area contributed by atoms with Gasteiger partial charge in [-0.2, -0.15) is 5.10 Å². The second-order valence-corrected chi connectivity index (χ2v) is 6.40. The summed E-state index contributed by atoms with van der Waals surface area (Å²) >= 11 is 0. The number of rotatable bonds is 4. The number of amides is 1. The van der Waals surface area contributed by atoms with Crippen LogP contribution in [0, 0.1) is 5.82 Å². The molecule has 0 atom stereocenters. The lowest BCUT2D eigenvalue weighted by Gasteiger charge is -2.40. The lowest BCUT2D eigenvalue weighted by molar-refractivity contribution is -0.124. The Kier molecular flexibility index (Phi) is 3.84. The minimum absolute atomic E-state index is 0.0730. The van der Waals surface area contributed by atoms with Crippen LogP contribution >= 0.6 is 0 Å². The highest BCUT2D eigenvalue weighted by atomic mass is 19.1. The number of nitrogens with zero attached hydrogens (tertiary/aromatic N) is 2. The molecule has 0 aliphatic heterocycles. The van der Waals surface area contributed by atoms with Crippen LogP contribution in [0.15, 0.2) is 67.0 Å². The van der Waals surface area contributed by atoms with E-state index in [9.17, 15) is 9.18 Å². The zero-order valence-corrected chi connectivity index (χ0v) is 13.7. The van der Waals surface area contributed by atoms with Crippen molar-refractivity contribution in [3.8, 4) is 5.69 Å². The van der Waals surface area contributed by atoms with E-state index in [2.05, 4.69) is 10.4 Å². The molecule has 1 fully saturated rings. The van der Waals surface area contributed by atoms with Gasteiger partial charge < -0.3 is 5.32 Å². The second-order valence-electron chi connectivity index (χ2n) is 6.40. The van der Waals surface area contributed by atoms with Gasteiger partial charge in [0.1, 0.15) is 5.82 Å². The second kappa shape index (κ2) is 6.16. The fourth-order valence-electron chi connectivity index (χ4n) is 3.33. The number of carbonyl (C=O) groups excluding carboxylic acids is 1. The Morgan fingerprint density at radius 3 is 2.52 bits per heavy atom. The molecule has 1 aliphatic carbocycles. The number of hydrogen-bond donors (Lipinski definition) is 1. The smallest absolute Gasteiger partial charge is 0.235 e. The molecule has 0 radical (unpaired) electrons. The molecule has 4 nitrogen and oxygen atoms in total. The van der Waals surface area contributed by atoms with Crippen LogP contribution in [0.5, 0.6) is 0 Å². The third-order valence-electron chi connectivity index (χ3n) is 4.91. The lowest BCUT2D eigenvalue weighted by Crippen LogP contribution is -2.46. The average Bonchev–Trinajstić information content (AvgIpc) is 3.09. The van der Waals surface area contributed by atoms with Crippen molar-refractivity contribution in [3.05, 3.63) is 78.4 Å². The van der Waals surface area contributed by atoms with Gasteiger partial charge in [0.25, 0.3) is 0 Å². The van der Waals surface area contributed by atoms with Crippen molar-refractivity contribution >= 4 is 11.6 Å². The van der Waals surface area contributed by atoms with Crippen LogP contribution in [-0.2, 0) is 10.2 Å². The Bertz CT molecular complexity index is 884. The molecule has 3 aromatic rings. The molecular formula is C20H18FN3O. The van der Waals surface area contributed by atoms with Crippen LogP contribution in [0.1, 0.15) is 24.8 Å². The molecule has 1 amide bonds. The summed E-state index contributed by atoms with van der Waals surface area (Å²) in [5, 5.41) is 7.16. The molecule has 1 aromatic heterocycles. The Morgan fingerprint density at radius 1 is 1.12 bits per heavy atom. The zero-order chi connectivity index (χ0) is 17.3. The van der Waals surface area contributed by atoms with Crippen LogP contribution in [0.25, 0.3) is 5.69 Å². The molecule has 126 valence electrons. The van der Waals surface area contributed by atoms with E-state index < -0.39 is 5.41 Å². The van der Waals surface area contributed by atoms with Crippen LogP contribution in [0.2, 0.25) is 0 Å². The van der Waals surface area contributed by atoms with E-state index in [1.807, 2.05) is 42.6 Å². The van der Waals surface area contributed by atoms with Crippen molar-refractivity contribution in [3.63, 3.8) is 0 Å². The molecule has 1 saturated carbocycles. The molecule has 5 heteroatoms. The minimum Gasteiger partial charge on any atom is -0.325 e. The maximum atomic E-state index is 13.6. The Morgan fingerprint density at radius 2 is 1.92 bits per heavy atom. The van der Waals surface area contributed by atoms with Gasteiger partial charge in [0.15, 0.2) is 0 Å². The number of nitrogens with one attached hydrogen (secondary N) is 1. The summed E-state index contributed by atoms with van der Waals surface area (Å²) in [5.41, 5.74) is 1.78. The van der Waals surface area contributed by atoms with Crippen LogP contribution in [-0.4, -0.2) is 15.7 Å². The molecule has 25 heavy (non-hydrogen) atoms. The summed E-state index contributed by atoms with van der Waals surface area (Å²) < 4.78 is 15.3. The van der Waals surface area contributed by atoms with Crippen molar-refractivity contribution in [2.24, 2.45) is 0 Å². The van der Waals surface area contributed by atoms with Gasteiger partial charge >= 0.3 is 0 Å². The summed E-state index contributed by atoms with van der Waals surface area (Å²) in [6, 6.07) is 15.7. The van der Waals surface area contributed by atoms with Crippen molar-refractivity contribution in [2.45, 2.75) is 24.7 Å². The molecular weight excluding hydrogens is 317 g/mol. The average molecular weight is 335 g/mol. The summed E-state index contributed by atoms with van der Waals surface area (Å²) in [5.74, 6) is -0.378. The summed E-state index contributed by atoms with van der Waals surface area (Å²) in [7, 11) is 0. The van der Waals surface area contributed by atoms with E-state index >= 15 is 0 Å². The lowest BCUT2D eigenvalue weighted by atomic mass is 9.63. The molecule has 1 N–H and O–H groups in total. The summed E-state index contributed by atoms with van der Waals surface area (Å²) in [6.45, 7) is 0.